The molecule has 2 heterocycles. The molecule has 1 unspecified atom stereocenters. The van der Waals surface area contributed by atoms with Crippen LogP contribution in [-0.2, 0) is 24.7 Å². The number of aromatic nitrogens is 3. The summed E-state index contributed by atoms with van der Waals surface area (Å²) in [5, 5.41) is 9.81. The zero-order valence-electron chi connectivity index (χ0n) is 11.7. The van der Waals surface area contributed by atoms with E-state index in [-0.39, 0.29) is 11.8 Å². The molecule has 0 radical (unpaired) electrons. The fourth-order valence-corrected chi connectivity index (χ4v) is 2.76. The third-order valence-electron chi connectivity index (χ3n) is 3.91. The van der Waals surface area contributed by atoms with E-state index in [9.17, 15) is 9.59 Å². The molecule has 0 fully saturated rings. The molecule has 21 heavy (non-hydrogen) atoms. The second kappa shape index (κ2) is 5.08. The molecule has 7 nitrogen and oxygen atoms in total. The number of hydrogen-bond acceptors (Lipinski definition) is 3. The van der Waals surface area contributed by atoms with Gasteiger partial charge in [-0.15, -0.1) is 0 Å². The van der Waals surface area contributed by atoms with Crippen molar-refractivity contribution < 1.29 is 9.59 Å². The lowest BCUT2D eigenvalue weighted by molar-refractivity contribution is -0.120. The van der Waals surface area contributed by atoms with Gasteiger partial charge in [-0.05, 0) is 30.9 Å². The average Bonchev–Trinajstić information content (AvgIpc) is 3.04. The number of nitrogens with zero attached hydrogens (tertiary/aromatic N) is 2. The summed E-state index contributed by atoms with van der Waals surface area (Å²) in [4.78, 5) is 23.5. The molecule has 1 aliphatic rings. The molecule has 1 aliphatic carbocycles. The van der Waals surface area contributed by atoms with Crippen molar-refractivity contribution in [3.05, 3.63) is 35.4 Å². The summed E-state index contributed by atoms with van der Waals surface area (Å²) in [6.07, 6.45) is 5.77. The first-order valence-electron chi connectivity index (χ1n) is 6.82. The Labute approximate surface area is 121 Å². The van der Waals surface area contributed by atoms with Crippen LogP contribution in [0.4, 0.5) is 5.69 Å². The summed E-state index contributed by atoms with van der Waals surface area (Å²) in [6, 6.07) is 1.59. The Morgan fingerprint density at radius 2 is 2.33 bits per heavy atom. The van der Waals surface area contributed by atoms with Crippen LogP contribution in [0.3, 0.4) is 0 Å². The number of primary amides is 1. The van der Waals surface area contributed by atoms with E-state index in [0.29, 0.717) is 17.8 Å². The molecule has 2 amide bonds. The van der Waals surface area contributed by atoms with Gasteiger partial charge in [-0.1, -0.05) is 0 Å². The van der Waals surface area contributed by atoms with Crippen molar-refractivity contribution in [2.75, 3.05) is 5.32 Å². The van der Waals surface area contributed by atoms with Crippen LogP contribution in [0.1, 0.15) is 28.2 Å². The van der Waals surface area contributed by atoms with Gasteiger partial charge in [0.25, 0.3) is 5.91 Å². The minimum absolute atomic E-state index is 0.0385. The Morgan fingerprint density at radius 1 is 1.52 bits per heavy atom. The predicted octanol–water partition coefficient (Wildman–Crippen LogP) is 0.591. The monoisotopic (exact) mass is 287 g/mol. The van der Waals surface area contributed by atoms with E-state index >= 15 is 0 Å². The van der Waals surface area contributed by atoms with Crippen LogP contribution < -0.4 is 11.1 Å². The summed E-state index contributed by atoms with van der Waals surface area (Å²) in [5.41, 5.74) is 8.44. The molecule has 1 atom stereocenters. The number of rotatable bonds is 3. The normalized spacial score (nSPS) is 17.3. The van der Waals surface area contributed by atoms with Crippen LogP contribution in [0, 0.1) is 5.92 Å². The number of hydrogen-bond donors (Lipinski definition) is 3. The topological polar surface area (TPSA) is 106 Å². The summed E-state index contributed by atoms with van der Waals surface area (Å²) >= 11 is 0. The third-order valence-corrected chi connectivity index (χ3v) is 3.91. The van der Waals surface area contributed by atoms with Gasteiger partial charge in [0.15, 0.2) is 0 Å². The van der Waals surface area contributed by atoms with Gasteiger partial charge in [-0.3, -0.25) is 14.7 Å². The highest BCUT2D eigenvalue weighted by atomic mass is 16.2. The molecule has 2 aromatic rings. The maximum atomic E-state index is 12.3. The van der Waals surface area contributed by atoms with Crippen molar-refractivity contribution in [2.45, 2.75) is 19.3 Å². The first-order valence-corrected chi connectivity index (χ1v) is 6.82. The first kappa shape index (κ1) is 13.4. The average molecular weight is 287 g/mol. The van der Waals surface area contributed by atoms with Crippen LogP contribution in [-0.4, -0.2) is 26.6 Å². The molecule has 2 aromatic heterocycles. The number of aryl methyl sites for hydroxylation is 2. The van der Waals surface area contributed by atoms with Gasteiger partial charge < -0.3 is 15.6 Å². The lowest BCUT2D eigenvalue weighted by atomic mass is 9.87. The fraction of sp³-hybridized carbons (Fsp3) is 0.357. The van der Waals surface area contributed by atoms with Gasteiger partial charge in [0.05, 0.1) is 11.9 Å². The molecule has 0 saturated carbocycles. The lowest BCUT2D eigenvalue weighted by Crippen LogP contribution is -2.27. The van der Waals surface area contributed by atoms with Crippen LogP contribution in [0.5, 0.6) is 0 Å². The molecular formula is C14H17N5O2. The number of anilines is 1. The SMILES string of the molecule is Cn1cc(NC(=O)C2CCc3[nH]ncc3C2)cc1C(N)=O. The van der Waals surface area contributed by atoms with E-state index in [1.54, 1.807) is 30.1 Å². The van der Waals surface area contributed by atoms with Crippen LogP contribution in [0.15, 0.2) is 18.5 Å². The number of H-pyrrole nitrogens is 1. The highest BCUT2D eigenvalue weighted by Crippen LogP contribution is 2.25. The Bertz CT molecular complexity index is 700. The fourth-order valence-electron chi connectivity index (χ4n) is 2.76. The van der Waals surface area contributed by atoms with Crippen molar-refractivity contribution in [1.82, 2.24) is 14.8 Å². The maximum Gasteiger partial charge on any atom is 0.265 e. The minimum atomic E-state index is -0.515. The van der Waals surface area contributed by atoms with Gasteiger partial charge >= 0.3 is 0 Å². The van der Waals surface area contributed by atoms with E-state index in [4.69, 9.17) is 5.73 Å². The molecule has 4 N–H and O–H groups in total. The smallest absolute Gasteiger partial charge is 0.265 e. The highest BCUT2D eigenvalue weighted by Gasteiger charge is 2.26. The van der Waals surface area contributed by atoms with Crippen LogP contribution in [0.25, 0.3) is 0 Å². The van der Waals surface area contributed by atoms with Crippen molar-refractivity contribution in [3.63, 3.8) is 0 Å². The number of carbonyl (C=O) groups is 2. The molecule has 0 aromatic carbocycles. The van der Waals surface area contributed by atoms with Gasteiger partial charge in [0, 0.05) is 24.9 Å². The second-order valence-corrected chi connectivity index (χ2v) is 5.39. The minimum Gasteiger partial charge on any atom is -0.364 e. The van der Waals surface area contributed by atoms with E-state index in [2.05, 4.69) is 15.5 Å². The first-order chi connectivity index (χ1) is 10.0. The molecule has 0 bridgehead atoms. The molecule has 3 rings (SSSR count). The molecule has 7 heteroatoms. The number of carbonyl (C=O) groups excluding carboxylic acids is 2. The second-order valence-electron chi connectivity index (χ2n) is 5.39. The summed E-state index contributed by atoms with van der Waals surface area (Å²) in [7, 11) is 1.72. The summed E-state index contributed by atoms with van der Waals surface area (Å²) in [5.74, 6) is -0.630. The van der Waals surface area contributed by atoms with E-state index in [0.717, 1.165) is 24.1 Å². The highest BCUT2D eigenvalue weighted by molar-refractivity contribution is 5.96. The van der Waals surface area contributed by atoms with Crippen LogP contribution >= 0.6 is 0 Å². The largest absolute Gasteiger partial charge is 0.364 e. The van der Waals surface area contributed by atoms with Crippen molar-refractivity contribution in [3.8, 4) is 0 Å². The lowest BCUT2D eigenvalue weighted by Gasteiger charge is -2.20. The molecule has 0 aliphatic heterocycles. The molecule has 0 saturated heterocycles. The summed E-state index contributed by atoms with van der Waals surface area (Å²) in [6.45, 7) is 0. The van der Waals surface area contributed by atoms with Crippen molar-refractivity contribution in [1.29, 1.82) is 0 Å². The standard InChI is InChI=1S/C14H17N5O2/c1-19-7-10(5-12(19)13(15)20)17-14(21)8-2-3-11-9(4-8)6-16-18-11/h5-8H,2-4H2,1H3,(H2,15,20)(H,16,18)(H,17,21). The van der Waals surface area contributed by atoms with E-state index in [1.165, 1.54) is 0 Å². The molecule has 110 valence electrons. The van der Waals surface area contributed by atoms with Gasteiger partial charge in [0.1, 0.15) is 5.69 Å². The van der Waals surface area contributed by atoms with Gasteiger partial charge in [-0.2, -0.15) is 5.10 Å². The maximum absolute atomic E-state index is 12.3. The number of nitrogens with one attached hydrogen (secondary N) is 2. The number of amides is 2. The van der Waals surface area contributed by atoms with Gasteiger partial charge in [0.2, 0.25) is 5.91 Å². The Balaban J connectivity index is 1.70. The Morgan fingerprint density at radius 3 is 3.05 bits per heavy atom. The predicted molar refractivity (Wildman–Crippen MR) is 76.7 cm³/mol. The van der Waals surface area contributed by atoms with Crippen molar-refractivity contribution in [2.24, 2.45) is 18.7 Å². The van der Waals surface area contributed by atoms with Crippen LogP contribution in [0.2, 0.25) is 0 Å². The van der Waals surface area contributed by atoms with Crippen molar-refractivity contribution >= 4 is 17.5 Å². The quantitative estimate of drug-likeness (QED) is 0.769. The Kier molecular flexibility index (Phi) is 3.25. The van der Waals surface area contributed by atoms with Gasteiger partial charge in [-0.25, -0.2) is 0 Å². The summed E-state index contributed by atoms with van der Waals surface area (Å²) < 4.78 is 1.60. The van der Waals surface area contributed by atoms with E-state index < -0.39 is 5.91 Å². The zero-order valence-corrected chi connectivity index (χ0v) is 11.7. The van der Waals surface area contributed by atoms with E-state index in [1.807, 2.05) is 0 Å². The number of aromatic amines is 1. The number of fused-ring (bicyclic) bond motifs is 1. The number of nitrogens with two attached hydrogens (primary N) is 1. The third kappa shape index (κ3) is 2.54. The molecule has 0 spiro atoms. The molecular weight excluding hydrogens is 270 g/mol. The zero-order chi connectivity index (χ0) is 15.0. The Hall–Kier alpha value is -2.57.